The summed E-state index contributed by atoms with van der Waals surface area (Å²) in [6, 6.07) is 0. The normalized spacial score (nSPS) is 18.0. The number of hydrogen-bond donors (Lipinski definition) is 4. The van der Waals surface area contributed by atoms with Crippen molar-refractivity contribution in [3.8, 4) is 0 Å². The molecule has 0 aromatic rings. The standard InChI is InChI=1S/C6H17N3O2/c1-4(6(7,8)9)3-11-5(2)10/h4-5,10H,3,7-9H2,1-2H3. The van der Waals surface area contributed by atoms with Crippen molar-refractivity contribution in [2.75, 3.05) is 6.61 Å². The maximum absolute atomic E-state index is 8.72. The fourth-order valence-electron chi connectivity index (χ4n) is 0.428. The summed E-state index contributed by atoms with van der Waals surface area (Å²) >= 11 is 0. The number of ether oxygens (including phenoxy) is 1. The van der Waals surface area contributed by atoms with Gasteiger partial charge in [-0.2, -0.15) is 0 Å². The molecule has 0 amide bonds. The molecule has 0 aliphatic carbocycles. The Hall–Kier alpha value is -0.200. The second-order valence-corrected chi connectivity index (χ2v) is 2.83. The second kappa shape index (κ2) is 3.99. The lowest BCUT2D eigenvalue weighted by atomic mass is 10.1. The molecule has 2 atom stereocenters. The Morgan fingerprint density at radius 2 is 1.82 bits per heavy atom. The molecule has 0 aromatic carbocycles. The van der Waals surface area contributed by atoms with E-state index in [4.69, 9.17) is 27.0 Å². The van der Waals surface area contributed by atoms with Crippen LogP contribution < -0.4 is 17.2 Å². The van der Waals surface area contributed by atoms with Crippen LogP contribution in [0, 0.1) is 5.92 Å². The molecular weight excluding hydrogens is 146 g/mol. The molecule has 0 radical (unpaired) electrons. The Bertz CT molecular complexity index is 111. The van der Waals surface area contributed by atoms with E-state index in [9.17, 15) is 0 Å². The molecular formula is C6H17N3O2. The van der Waals surface area contributed by atoms with Crippen LogP contribution >= 0.6 is 0 Å². The van der Waals surface area contributed by atoms with Crippen LogP contribution in [0.25, 0.3) is 0 Å². The minimum absolute atomic E-state index is 0.197. The van der Waals surface area contributed by atoms with Gasteiger partial charge < -0.3 is 27.0 Å². The van der Waals surface area contributed by atoms with E-state index in [0.29, 0.717) is 0 Å². The van der Waals surface area contributed by atoms with E-state index in [1.54, 1.807) is 6.92 Å². The summed E-state index contributed by atoms with van der Waals surface area (Å²) in [5, 5.41) is 8.72. The molecule has 11 heavy (non-hydrogen) atoms. The zero-order valence-electron chi connectivity index (χ0n) is 6.95. The molecule has 0 heterocycles. The highest BCUT2D eigenvalue weighted by molar-refractivity contribution is 4.74. The lowest BCUT2D eigenvalue weighted by molar-refractivity contribution is -0.101. The molecule has 5 nitrogen and oxygen atoms in total. The van der Waals surface area contributed by atoms with Gasteiger partial charge in [0.05, 0.1) is 6.61 Å². The van der Waals surface area contributed by atoms with Crippen molar-refractivity contribution in [1.82, 2.24) is 0 Å². The summed E-state index contributed by atoms with van der Waals surface area (Å²) in [6.45, 7) is 3.52. The van der Waals surface area contributed by atoms with Gasteiger partial charge >= 0.3 is 0 Å². The lowest BCUT2D eigenvalue weighted by Crippen LogP contribution is -2.63. The van der Waals surface area contributed by atoms with Crippen molar-refractivity contribution in [2.24, 2.45) is 23.1 Å². The van der Waals surface area contributed by atoms with Crippen molar-refractivity contribution in [2.45, 2.75) is 25.9 Å². The van der Waals surface area contributed by atoms with Crippen molar-refractivity contribution < 1.29 is 9.84 Å². The molecule has 0 fully saturated rings. The highest BCUT2D eigenvalue weighted by atomic mass is 16.6. The average molecular weight is 163 g/mol. The van der Waals surface area contributed by atoms with Crippen LogP contribution in [0.3, 0.4) is 0 Å². The van der Waals surface area contributed by atoms with Gasteiger partial charge in [-0.25, -0.2) is 0 Å². The van der Waals surface area contributed by atoms with Crippen LogP contribution in [0.15, 0.2) is 0 Å². The van der Waals surface area contributed by atoms with Gasteiger partial charge in [0, 0.05) is 5.92 Å². The van der Waals surface area contributed by atoms with E-state index in [2.05, 4.69) is 0 Å². The molecule has 0 rings (SSSR count). The van der Waals surface area contributed by atoms with Crippen molar-refractivity contribution in [3.63, 3.8) is 0 Å². The van der Waals surface area contributed by atoms with Crippen LogP contribution in [-0.4, -0.2) is 23.8 Å². The highest BCUT2D eigenvalue weighted by Gasteiger charge is 2.22. The minimum Gasteiger partial charge on any atom is -0.368 e. The summed E-state index contributed by atoms with van der Waals surface area (Å²) in [4.78, 5) is 0. The van der Waals surface area contributed by atoms with E-state index >= 15 is 0 Å². The van der Waals surface area contributed by atoms with Crippen molar-refractivity contribution in [1.29, 1.82) is 0 Å². The van der Waals surface area contributed by atoms with E-state index in [0.717, 1.165) is 0 Å². The summed E-state index contributed by atoms with van der Waals surface area (Å²) in [5.41, 5.74) is 16.1. The van der Waals surface area contributed by atoms with Gasteiger partial charge in [0.15, 0.2) is 6.29 Å². The first-order chi connectivity index (χ1) is 4.84. The fraction of sp³-hybridized carbons (Fsp3) is 1.00. The third-order valence-electron chi connectivity index (χ3n) is 1.44. The molecule has 0 saturated heterocycles. The summed E-state index contributed by atoms with van der Waals surface area (Å²) < 4.78 is 4.85. The third-order valence-corrected chi connectivity index (χ3v) is 1.44. The molecule has 0 spiro atoms. The quantitative estimate of drug-likeness (QED) is 0.377. The third kappa shape index (κ3) is 5.11. The maximum Gasteiger partial charge on any atom is 0.151 e. The molecule has 2 unspecified atom stereocenters. The molecule has 0 saturated carbocycles. The second-order valence-electron chi connectivity index (χ2n) is 2.83. The first-order valence-electron chi connectivity index (χ1n) is 3.50. The molecule has 0 aromatic heterocycles. The molecule has 5 heteroatoms. The number of hydrogen-bond acceptors (Lipinski definition) is 5. The summed E-state index contributed by atoms with van der Waals surface area (Å²) in [7, 11) is 0. The van der Waals surface area contributed by atoms with Gasteiger partial charge in [-0.05, 0) is 6.92 Å². The number of nitrogens with two attached hydrogens (primary N) is 3. The Kier molecular flexibility index (Phi) is 3.91. The van der Waals surface area contributed by atoms with Crippen molar-refractivity contribution >= 4 is 0 Å². The van der Waals surface area contributed by atoms with Crippen LogP contribution in [0.2, 0.25) is 0 Å². The molecule has 0 aliphatic heterocycles. The van der Waals surface area contributed by atoms with Gasteiger partial charge in [-0.15, -0.1) is 0 Å². The Balaban J connectivity index is 3.61. The van der Waals surface area contributed by atoms with Gasteiger partial charge in [-0.3, -0.25) is 0 Å². The average Bonchev–Trinajstić information content (AvgIpc) is 1.80. The minimum atomic E-state index is -1.24. The monoisotopic (exact) mass is 163 g/mol. The zero-order chi connectivity index (χ0) is 9.07. The van der Waals surface area contributed by atoms with Gasteiger partial charge in [0.25, 0.3) is 0 Å². The molecule has 0 bridgehead atoms. The van der Waals surface area contributed by atoms with Crippen LogP contribution in [0.1, 0.15) is 13.8 Å². The number of aliphatic hydroxyl groups excluding tert-OH is 1. The molecule has 7 N–H and O–H groups in total. The maximum atomic E-state index is 8.72. The van der Waals surface area contributed by atoms with E-state index in [1.165, 1.54) is 6.92 Å². The van der Waals surface area contributed by atoms with Crippen molar-refractivity contribution in [3.05, 3.63) is 0 Å². The number of aliphatic hydroxyl groups is 1. The Labute approximate surface area is 66.5 Å². The van der Waals surface area contributed by atoms with E-state index in [1.807, 2.05) is 0 Å². The lowest BCUT2D eigenvalue weighted by Gasteiger charge is -2.26. The van der Waals surface area contributed by atoms with Gasteiger partial charge in [0.1, 0.15) is 5.79 Å². The largest absolute Gasteiger partial charge is 0.368 e. The fourth-order valence-corrected chi connectivity index (χ4v) is 0.428. The Morgan fingerprint density at radius 3 is 2.09 bits per heavy atom. The highest BCUT2D eigenvalue weighted by Crippen LogP contribution is 2.03. The SMILES string of the molecule is CC(O)OCC(C)C(N)(N)N. The van der Waals surface area contributed by atoms with Crippen LogP contribution in [0.5, 0.6) is 0 Å². The topological polar surface area (TPSA) is 108 Å². The molecule has 0 aliphatic rings. The smallest absolute Gasteiger partial charge is 0.151 e. The van der Waals surface area contributed by atoms with Gasteiger partial charge in [-0.1, -0.05) is 6.92 Å². The number of rotatable bonds is 4. The first kappa shape index (κ1) is 10.8. The molecule has 68 valence electrons. The first-order valence-corrected chi connectivity index (χ1v) is 3.50. The summed E-state index contributed by atoms with van der Waals surface area (Å²) in [6.07, 6.45) is -0.806. The van der Waals surface area contributed by atoms with E-state index in [-0.39, 0.29) is 12.5 Å². The zero-order valence-corrected chi connectivity index (χ0v) is 6.95. The van der Waals surface area contributed by atoms with Gasteiger partial charge in [0.2, 0.25) is 0 Å². The predicted molar refractivity (Wildman–Crippen MR) is 42.1 cm³/mol. The predicted octanol–water partition coefficient (Wildman–Crippen LogP) is -1.49. The van der Waals surface area contributed by atoms with E-state index < -0.39 is 12.1 Å². The van der Waals surface area contributed by atoms with Crippen LogP contribution in [-0.2, 0) is 4.74 Å². The van der Waals surface area contributed by atoms with Crippen LogP contribution in [0.4, 0.5) is 0 Å². The summed E-state index contributed by atoms with van der Waals surface area (Å²) in [5.74, 6) is -1.44. The Morgan fingerprint density at radius 1 is 1.36 bits per heavy atom.